The molecule has 0 unspecified atom stereocenters. The van der Waals surface area contributed by atoms with E-state index >= 15 is 0 Å². The van der Waals surface area contributed by atoms with Crippen molar-refractivity contribution in [2.45, 2.75) is 56.5 Å². The minimum atomic E-state index is -0.589. The molecule has 0 bridgehead atoms. The number of urea groups is 1. The SMILES string of the molecule is N#CC1(NC(=O)NC2CCC2)CCCC1. The predicted octanol–water partition coefficient (Wildman–Crippen LogP) is 1.67. The highest BCUT2D eigenvalue weighted by Crippen LogP contribution is 2.28. The molecule has 2 aliphatic rings. The summed E-state index contributed by atoms with van der Waals surface area (Å²) in [6.45, 7) is 0. The molecule has 2 aliphatic carbocycles. The maximum absolute atomic E-state index is 11.6. The topological polar surface area (TPSA) is 64.9 Å². The van der Waals surface area contributed by atoms with E-state index in [0.717, 1.165) is 38.5 Å². The first-order valence-electron chi connectivity index (χ1n) is 5.74. The molecule has 2 rings (SSSR count). The van der Waals surface area contributed by atoms with Crippen molar-refractivity contribution in [1.29, 1.82) is 5.26 Å². The number of rotatable bonds is 2. The van der Waals surface area contributed by atoms with Crippen LogP contribution < -0.4 is 10.6 Å². The van der Waals surface area contributed by atoms with E-state index in [1.54, 1.807) is 0 Å². The second-order valence-corrected chi connectivity index (χ2v) is 4.63. The van der Waals surface area contributed by atoms with Crippen molar-refractivity contribution in [3.05, 3.63) is 0 Å². The zero-order valence-electron chi connectivity index (χ0n) is 8.88. The van der Waals surface area contributed by atoms with Gasteiger partial charge < -0.3 is 10.6 Å². The lowest BCUT2D eigenvalue weighted by Gasteiger charge is -2.29. The van der Waals surface area contributed by atoms with Crippen LogP contribution >= 0.6 is 0 Å². The summed E-state index contributed by atoms with van der Waals surface area (Å²) in [6, 6.07) is 2.42. The lowest BCUT2D eigenvalue weighted by molar-refractivity contribution is 0.220. The number of carbonyl (C=O) groups is 1. The molecule has 0 atom stereocenters. The van der Waals surface area contributed by atoms with Gasteiger partial charge in [0.25, 0.3) is 0 Å². The highest BCUT2D eigenvalue weighted by atomic mass is 16.2. The minimum Gasteiger partial charge on any atom is -0.335 e. The first-order chi connectivity index (χ1) is 7.24. The van der Waals surface area contributed by atoms with Crippen LogP contribution in [-0.4, -0.2) is 17.6 Å². The Kier molecular flexibility index (Phi) is 2.81. The molecule has 2 N–H and O–H groups in total. The third-order valence-corrected chi connectivity index (χ3v) is 3.46. The maximum atomic E-state index is 11.6. The first kappa shape index (κ1) is 10.3. The molecule has 82 valence electrons. The van der Waals surface area contributed by atoms with Crippen LogP contribution in [0, 0.1) is 11.3 Å². The van der Waals surface area contributed by atoms with Crippen LogP contribution in [0.25, 0.3) is 0 Å². The summed E-state index contributed by atoms with van der Waals surface area (Å²) in [7, 11) is 0. The predicted molar refractivity (Wildman–Crippen MR) is 56.1 cm³/mol. The summed E-state index contributed by atoms with van der Waals surface area (Å²) in [6.07, 6.45) is 7.02. The van der Waals surface area contributed by atoms with E-state index in [0.29, 0.717) is 6.04 Å². The largest absolute Gasteiger partial charge is 0.335 e. The van der Waals surface area contributed by atoms with Gasteiger partial charge in [0.05, 0.1) is 6.07 Å². The average Bonchev–Trinajstić information content (AvgIpc) is 2.61. The van der Waals surface area contributed by atoms with Gasteiger partial charge in [0, 0.05) is 6.04 Å². The number of carbonyl (C=O) groups excluding carboxylic acids is 1. The van der Waals surface area contributed by atoms with Crippen molar-refractivity contribution in [3.8, 4) is 6.07 Å². The van der Waals surface area contributed by atoms with Crippen molar-refractivity contribution in [3.63, 3.8) is 0 Å². The first-order valence-corrected chi connectivity index (χ1v) is 5.74. The number of nitriles is 1. The molecule has 0 radical (unpaired) electrons. The molecule has 2 amide bonds. The van der Waals surface area contributed by atoms with Crippen molar-refractivity contribution in [2.24, 2.45) is 0 Å². The van der Waals surface area contributed by atoms with E-state index in [4.69, 9.17) is 5.26 Å². The van der Waals surface area contributed by atoms with E-state index < -0.39 is 5.54 Å². The Morgan fingerprint density at radius 2 is 1.93 bits per heavy atom. The zero-order valence-corrected chi connectivity index (χ0v) is 8.88. The molecule has 15 heavy (non-hydrogen) atoms. The fourth-order valence-corrected chi connectivity index (χ4v) is 2.23. The fraction of sp³-hybridized carbons (Fsp3) is 0.818. The summed E-state index contributed by atoms with van der Waals surface area (Å²) < 4.78 is 0. The summed E-state index contributed by atoms with van der Waals surface area (Å²) in [5.74, 6) is 0. The van der Waals surface area contributed by atoms with Crippen molar-refractivity contribution < 1.29 is 4.79 Å². The molecule has 0 aromatic heterocycles. The molecule has 2 fully saturated rings. The van der Waals surface area contributed by atoms with Crippen LogP contribution in [0.3, 0.4) is 0 Å². The molecule has 2 saturated carbocycles. The van der Waals surface area contributed by atoms with E-state index in [2.05, 4.69) is 16.7 Å². The highest BCUT2D eigenvalue weighted by molar-refractivity contribution is 5.75. The van der Waals surface area contributed by atoms with Crippen LogP contribution in [0.1, 0.15) is 44.9 Å². The average molecular weight is 207 g/mol. The number of amides is 2. The van der Waals surface area contributed by atoms with Gasteiger partial charge in [-0.2, -0.15) is 5.26 Å². The number of hydrogen-bond donors (Lipinski definition) is 2. The van der Waals surface area contributed by atoms with Crippen molar-refractivity contribution in [2.75, 3.05) is 0 Å². The third kappa shape index (κ3) is 2.23. The van der Waals surface area contributed by atoms with Crippen molar-refractivity contribution >= 4 is 6.03 Å². The molecular weight excluding hydrogens is 190 g/mol. The van der Waals surface area contributed by atoms with Crippen molar-refractivity contribution in [1.82, 2.24) is 10.6 Å². The van der Waals surface area contributed by atoms with E-state index in [9.17, 15) is 4.79 Å². The monoisotopic (exact) mass is 207 g/mol. The zero-order chi connectivity index (χ0) is 10.7. The van der Waals surface area contributed by atoms with Crippen LogP contribution in [0.5, 0.6) is 0 Å². The molecule has 0 aromatic carbocycles. The molecule has 0 spiro atoms. The highest BCUT2D eigenvalue weighted by Gasteiger charge is 2.35. The molecule has 0 saturated heterocycles. The van der Waals surface area contributed by atoms with Gasteiger partial charge in [-0.05, 0) is 44.9 Å². The van der Waals surface area contributed by atoms with Gasteiger partial charge in [-0.15, -0.1) is 0 Å². The van der Waals surface area contributed by atoms with E-state index in [1.165, 1.54) is 6.42 Å². The standard InChI is InChI=1S/C11H17N3O/c12-8-11(6-1-2-7-11)14-10(15)13-9-4-3-5-9/h9H,1-7H2,(H2,13,14,15). The molecule has 0 aromatic rings. The molecular formula is C11H17N3O. The van der Waals surface area contributed by atoms with Gasteiger partial charge in [-0.3, -0.25) is 0 Å². The Hall–Kier alpha value is -1.24. The number of hydrogen-bond acceptors (Lipinski definition) is 2. The van der Waals surface area contributed by atoms with E-state index in [-0.39, 0.29) is 6.03 Å². The maximum Gasteiger partial charge on any atom is 0.316 e. The van der Waals surface area contributed by atoms with Crippen LogP contribution in [-0.2, 0) is 0 Å². The Bertz CT molecular complexity index is 285. The van der Waals surface area contributed by atoms with Crippen LogP contribution in [0.15, 0.2) is 0 Å². The Labute approximate surface area is 90.0 Å². The Balaban J connectivity index is 1.83. The van der Waals surface area contributed by atoms with Crippen LogP contribution in [0.4, 0.5) is 4.79 Å². The van der Waals surface area contributed by atoms with Gasteiger partial charge in [-0.1, -0.05) is 0 Å². The molecule has 0 heterocycles. The van der Waals surface area contributed by atoms with Gasteiger partial charge in [-0.25, -0.2) is 4.79 Å². The lowest BCUT2D eigenvalue weighted by Crippen LogP contribution is -2.53. The molecule has 4 heteroatoms. The molecule has 4 nitrogen and oxygen atoms in total. The number of nitrogens with zero attached hydrogens (tertiary/aromatic N) is 1. The van der Waals surface area contributed by atoms with Gasteiger partial charge in [0.15, 0.2) is 0 Å². The summed E-state index contributed by atoms with van der Waals surface area (Å²) in [4.78, 5) is 11.6. The normalized spacial score (nSPS) is 23.9. The summed E-state index contributed by atoms with van der Waals surface area (Å²) >= 11 is 0. The van der Waals surface area contributed by atoms with Gasteiger partial charge in [0.1, 0.15) is 5.54 Å². The second kappa shape index (κ2) is 4.09. The third-order valence-electron chi connectivity index (χ3n) is 3.46. The van der Waals surface area contributed by atoms with E-state index in [1.807, 2.05) is 0 Å². The van der Waals surface area contributed by atoms with Crippen LogP contribution in [0.2, 0.25) is 0 Å². The van der Waals surface area contributed by atoms with Gasteiger partial charge >= 0.3 is 6.03 Å². The Morgan fingerprint density at radius 3 is 2.40 bits per heavy atom. The minimum absolute atomic E-state index is 0.164. The molecule has 0 aliphatic heterocycles. The summed E-state index contributed by atoms with van der Waals surface area (Å²) in [5.41, 5.74) is -0.589. The smallest absolute Gasteiger partial charge is 0.316 e. The quantitative estimate of drug-likeness (QED) is 0.723. The second-order valence-electron chi connectivity index (χ2n) is 4.63. The van der Waals surface area contributed by atoms with Gasteiger partial charge in [0.2, 0.25) is 0 Å². The fourth-order valence-electron chi connectivity index (χ4n) is 2.23. The lowest BCUT2D eigenvalue weighted by atomic mass is 9.93. The number of nitrogens with one attached hydrogen (secondary N) is 2. The summed E-state index contributed by atoms with van der Waals surface area (Å²) in [5, 5.41) is 14.8. The Morgan fingerprint density at radius 1 is 1.27 bits per heavy atom.